The minimum absolute atomic E-state index is 0.512. The van der Waals surface area contributed by atoms with Crippen molar-refractivity contribution in [2.75, 3.05) is 5.32 Å². The molecule has 0 saturated carbocycles. The van der Waals surface area contributed by atoms with Gasteiger partial charge in [-0.1, -0.05) is 30.7 Å². The lowest BCUT2D eigenvalue weighted by atomic mass is 10.1. The van der Waals surface area contributed by atoms with Gasteiger partial charge >= 0.3 is 0 Å². The van der Waals surface area contributed by atoms with Crippen molar-refractivity contribution in [3.8, 4) is 0 Å². The van der Waals surface area contributed by atoms with Crippen LogP contribution in [0.4, 0.5) is 11.5 Å². The number of benzene rings is 1. The van der Waals surface area contributed by atoms with Gasteiger partial charge in [-0.2, -0.15) is 0 Å². The first-order chi connectivity index (χ1) is 8.17. The summed E-state index contributed by atoms with van der Waals surface area (Å²) >= 11 is 5.91. The van der Waals surface area contributed by atoms with Crippen LogP contribution in [0.2, 0.25) is 5.15 Å². The lowest BCUT2D eigenvalue weighted by Gasteiger charge is -2.07. The van der Waals surface area contributed by atoms with E-state index >= 15 is 0 Å². The molecule has 0 radical (unpaired) electrons. The number of rotatable bonds is 3. The Hall–Kier alpha value is -1.54. The van der Waals surface area contributed by atoms with Crippen LogP contribution < -0.4 is 5.32 Å². The molecule has 2 rings (SSSR count). The normalized spacial score (nSPS) is 10.3. The zero-order valence-corrected chi connectivity index (χ0v) is 10.8. The van der Waals surface area contributed by atoms with E-state index < -0.39 is 0 Å². The van der Waals surface area contributed by atoms with Gasteiger partial charge in [0.1, 0.15) is 11.0 Å². The fourth-order valence-electron chi connectivity index (χ4n) is 1.66. The molecule has 2 nitrogen and oxygen atoms in total. The summed E-state index contributed by atoms with van der Waals surface area (Å²) in [5.74, 6) is 0.777. The predicted octanol–water partition coefficient (Wildman–Crippen LogP) is 4.35. The van der Waals surface area contributed by atoms with E-state index in [9.17, 15) is 0 Å². The van der Waals surface area contributed by atoms with Crippen molar-refractivity contribution in [2.45, 2.75) is 20.3 Å². The number of nitrogens with one attached hydrogen (secondary N) is 1. The van der Waals surface area contributed by atoms with Gasteiger partial charge in [-0.3, -0.25) is 0 Å². The van der Waals surface area contributed by atoms with Crippen molar-refractivity contribution in [3.05, 3.63) is 52.7 Å². The Morgan fingerprint density at radius 3 is 2.47 bits per heavy atom. The molecule has 0 aliphatic rings. The number of hydrogen-bond acceptors (Lipinski definition) is 2. The highest BCUT2D eigenvalue weighted by atomic mass is 35.5. The van der Waals surface area contributed by atoms with Crippen LogP contribution in [0.25, 0.3) is 0 Å². The highest BCUT2D eigenvalue weighted by Gasteiger charge is 1.99. The SMILES string of the molecule is CCc1ccc(Nc2cc(C)cc(Cl)n2)cc1. The zero-order chi connectivity index (χ0) is 12.3. The van der Waals surface area contributed by atoms with Crippen LogP contribution in [0.15, 0.2) is 36.4 Å². The maximum Gasteiger partial charge on any atom is 0.132 e. The van der Waals surface area contributed by atoms with Gasteiger partial charge in [0.05, 0.1) is 0 Å². The summed E-state index contributed by atoms with van der Waals surface area (Å²) in [5.41, 5.74) is 3.44. The maximum atomic E-state index is 5.91. The molecule has 2 aromatic rings. The second-order valence-electron chi connectivity index (χ2n) is 4.03. The van der Waals surface area contributed by atoms with E-state index in [1.165, 1.54) is 5.56 Å². The Balaban J connectivity index is 2.19. The van der Waals surface area contributed by atoms with Gasteiger partial charge in [-0.25, -0.2) is 4.98 Å². The van der Waals surface area contributed by atoms with E-state index in [4.69, 9.17) is 11.6 Å². The van der Waals surface area contributed by atoms with Crippen LogP contribution in [0.3, 0.4) is 0 Å². The summed E-state index contributed by atoms with van der Waals surface area (Å²) < 4.78 is 0. The van der Waals surface area contributed by atoms with Crippen LogP contribution in [0, 0.1) is 6.92 Å². The van der Waals surface area contributed by atoms with E-state index in [2.05, 4.69) is 41.5 Å². The molecule has 0 spiro atoms. The summed E-state index contributed by atoms with van der Waals surface area (Å²) in [7, 11) is 0. The van der Waals surface area contributed by atoms with E-state index in [0.29, 0.717) is 5.15 Å². The van der Waals surface area contributed by atoms with Gasteiger partial charge in [0.2, 0.25) is 0 Å². The first kappa shape index (κ1) is 11.9. The Labute approximate surface area is 107 Å². The zero-order valence-electron chi connectivity index (χ0n) is 10.00. The first-order valence-electron chi connectivity index (χ1n) is 5.67. The van der Waals surface area contributed by atoms with E-state index in [-0.39, 0.29) is 0 Å². The third-order valence-corrected chi connectivity index (χ3v) is 2.77. The Morgan fingerprint density at radius 2 is 1.88 bits per heavy atom. The number of halogens is 1. The number of aromatic nitrogens is 1. The van der Waals surface area contributed by atoms with Crippen molar-refractivity contribution < 1.29 is 0 Å². The second kappa shape index (κ2) is 5.19. The predicted molar refractivity (Wildman–Crippen MR) is 73.1 cm³/mol. The highest BCUT2D eigenvalue weighted by Crippen LogP contribution is 2.19. The van der Waals surface area contributed by atoms with Crippen LogP contribution in [-0.4, -0.2) is 4.98 Å². The summed E-state index contributed by atoms with van der Waals surface area (Å²) in [4.78, 5) is 4.23. The van der Waals surface area contributed by atoms with Crippen LogP contribution >= 0.6 is 11.6 Å². The summed E-state index contributed by atoms with van der Waals surface area (Å²) in [6.07, 6.45) is 1.05. The molecular weight excluding hydrogens is 232 g/mol. The molecule has 0 aliphatic carbocycles. The standard InChI is InChI=1S/C14H15ClN2/c1-3-11-4-6-12(7-5-11)16-14-9-10(2)8-13(15)17-14/h4-9H,3H2,1-2H3,(H,16,17). The number of aryl methyl sites for hydroxylation is 2. The smallest absolute Gasteiger partial charge is 0.132 e. The fraction of sp³-hybridized carbons (Fsp3) is 0.214. The fourth-order valence-corrected chi connectivity index (χ4v) is 1.92. The molecule has 1 N–H and O–H groups in total. The van der Waals surface area contributed by atoms with Crippen LogP contribution in [0.5, 0.6) is 0 Å². The highest BCUT2D eigenvalue weighted by molar-refractivity contribution is 6.29. The molecular formula is C14H15ClN2. The quantitative estimate of drug-likeness (QED) is 0.815. The number of nitrogens with zero attached hydrogens (tertiary/aromatic N) is 1. The second-order valence-corrected chi connectivity index (χ2v) is 4.42. The summed E-state index contributed by atoms with van der Waals surface area (Å²) in [6, 6.07) is 12.1. The monoisotopic (exact) mass is 246 g/mol. The molecule has 0 saturated heterocycles. The number of hydrogen-bond donors (Lipinski definition) is 1. The Morgan fingerprint density at radius 1 is 1.18 bits per heavy atom. The minimum Gasteiger partial charge on any atom is -0.340 e. The van der Waals surface area contributed by atoms with Crippen molar-refractivity contribution in [2.24, 2.45) is 0 Å². The molecule has 3 heteroatoms. The van der Waals surface area contributed by atoms with Gasteiger partial charge in [0, 0.05) is 5.69 Å². The average Bonchev–Trinajstić information content (AvgIpc) is 2.28. The van der Waals surface area contributed by atoms with Crippen molar-refractivity contribution in [1.82, 2.24) is 4.98 Å². The molecule has 0 fully saturated rings. The van der Waals surface area contributed by atoms with Crippen molar-refractivity contribution in [1.29, 1.82) is 0 Å². The van der Waals surface area contributed by atoms with Gasteiger partial charge in [-0.05, 0) is 48.7 Å². The van der Waals surface area contributed by atoms with Gasteiger partial charge in [-0.15, -0.1) is 0 Å². The minimum atomic E-state index is 0.512. The first-order valence-corrected chi connectivity index (χ1v) is 6.05. The molecule has 0 unspecified atom stereocenters. The third kappa shape index (κ3) is 3.21. The van der Waals surface area contributed by atoms with Gasteiger partial charge in [0.25, 0.3) is 0 Å². The van der Waals surface area contributed by atoms with Gasteiger partial charge < -0.3 is 5.32 Å². The third-order valence-electron chi connectivity index (χ3n) is 2.57. The van der Waals surface area contributed by atoms with Crippen LogP contribution in [0.1, 0.15) is 18.1 Å². The molecule has 1 aromatic heterocycles. The van der Waals surface area contributed by atoms with Crippen LogP contribution in [-0.2, 0) is 6.42 Å². The Kier molecular flexibility index (Phi) is 3.64. The van der Waals surface area contributed by atoms with E-state index in [1.807, 2.05) is 19.1 Å². The molecule has 0 bridgehead atoms. The largest absolute Gasteiger partial charge is 0.340 e. The van der Waals surface area contributed by atoms with E-state index in [0.717, 1.165) is 23.5 Å². The Bertz CT molecular complexity index is 486. The maximum absolute atomic E-state index is 5.91. The molecule has 17 heavy (non-hydrogen) atoms. The van der Waals surface area contributed by atoms with Crippen molar-refractivity contribution >= 4 is 23.1 Å². The molecule has 0 aliphatic heterocycles. The topological polar surface area (TPSA) is 24.9 Å². The summed E-state index contributed by atoms with van der Waals surface area (Å²) in [6.45, 7) is 4.14. The molecule has 1 aromatic carbocycles. The van der Waals surface area contributed by atoms with Gasteiger partial charge in [0.15, 0.2) is 0 Å². The molecule has 88 valence electrons. The average molecular weight is 247 g/mol. The molecule has 1 heterocycles. The van der Waals surface area contributed by atoms with Crippen molar-refractivity contribution in [3.63, 3.8) is 0 Å². The summed E-state index contributed by atoms with van der Waals surface area (Å²) in [5, 5.41) is 3.75. The molecule has 0 atom stereocenters. The lowest BCUT2D eigenvalue weighted by molar-refractivity contribution is 1.14. The molecule has 0 amide bonds. The number of pyridine rings is 1. The van der Waals surface area contributed by atoms with E-state index in [1.54, 1.807) is 0 Å². The number of anilines is 2. The lowest BCUT2D eigenvalue weighted by Crippen LogP contribution is -1.94.